The number of carbonyl (C=O) groups excluding carboxylic acids is 1. The molecule has 2 aliphatic heterocycles. The number of hydrogen-bond acceptors (Lipinski definition) is 3. The first-order valence-corrected chi connectivity index (χ1v) is 7.51. The third kappa shape index (κ3) is 2.66. The van der Waals surface area contributed by atoms with Gasteiger partial charge in [-0.1, -0.05) is 0 Å². The van der Waals surface area contributed by atoms with Crippen LogP contribution in [0.3, 0.4) is 0 Å². The van der Waals surface area contributed by atoms with Crippen LogP contribution in [0.2, 0.25) is 0 Å². The lowest BCUT2D eigenvalue weighted by Crippen LogP contribution is -2.35. The fourth-order valence-corrected chi connectivity index (χ4v) is 3.02. The van der Waals surface area contributed by atoms with Crippen LogP contribution in [0.15, 0.2) is 18.2 Å². The van der Waals surface area contributed by atoms with E-state index in [1.807, 2.05) is 30.0 Å². The van der Waals surface area contributed by atoms with Crippen molar-refractivity contribution in [1.29, 1.82) is 0 Å². The summed E-state index contributed by atoms with van der Waals surface area (Å²) in [6.07, 6.45) is 2.08. The first kappa shape index (κ1) is 13.4. The van der Waals surface area contributed by atoms with E-state index in [9.17, 15) is 4.79 Å². The highest BCUT2D eigenvalue weighted by Gasteiger charge is 2.23. The Morgan fingerprint density at radius 1 is 1.50 bits per heavy atom. The molecule has 1 N–H and O–H groups in total. The van der Waals surface area contributed by atoms with Gasteiger partial charge in [0.25, 0.3) is 5.91 Å². The summed E-state index contributed by atoms with van der Waals surface area (Å²) in [6, 6.07) is 6.01. The monoisotopic (exact) mass is 274 g/mol. The molecule has 1 atom stereocenters. The molecule has 3 rings (SSSR count). The number of benzene rings is 1. The summed E-state index contributed by atoms with van der Waals surface area (Å²) < 4.78 is 5.40. The van der Waals surface area contributed by atoms with Crippen molar-refractivity contribution >= 4 is 11.6 Å². The Balaban J connectivity index is 1.72. The van der Waals surface area contributed by atoms with E-state index in [0.29, 0.717) is 5.92 Å². The molecule has 0 saturated carbocycles. The zero-order valence-electron chi connectivity index (χ0n) is 12.0. The second-order valence-electron chi connectivity index (χ2n) is 5.62. The number of fused-ring (bicyclic) bond motifs is 1. The van der Waals surface area contributed by atoms with E-state index in [2.05, 4.69) is 5.32 Å². The second-order valence-corrected chi connectivity index (χ2v) is 5.62. The van der Waals surface area contributed by atoms with Gasteiger partial charge in [-0.15, -0.1) is 0 Å². The third-order valence-corrected chi connectivity index (χ3v) is 4.23. The minimum Gasteiger partial charge on any atom is -0.384 e. The van der Waals surface area contributed by atoms with Crippen molar-refractivity contribution in [2.45, 2.75) is 19.8 Å². The SMILES string of the molecule is CCN(CC1CCOC1)C(=O)c1ccc2c(c1)CCN2. The predicted molar refractivity (Wildman–Crippen MR) is 79.1 cm³/mol. The van der Waals surface area contributed by atoms with Gasteiger partial charge in [-0.2, -0.15) is 0 Å². The maximum atomic E-state index is 12.6. The molecule has 0 bridgehead atoms. The maximum absolute atomic E-state index is 12.6. The number of amides is 1. The molecular formula is C16H22N2O2. The lowest BCUT2D eigenvalue weighted by Gasteiger charge is -2.24. The molecular weight excluding hydrogens is 252 g/mol. The van der Waals surface area contributed by atoms with Gasteiger partial charge in [-0.3, -0.25) is 4.79 Å². The highest BCUT2D eigenvalue weighted by Crippen LogP contribution is 2.24. The van der Waals surface area contributed by atoms with E-state index in [0.717, 1.165) is 51.3 Å². The minimum absolute atomic E-state index is 0.147. The molecule has 0 radical (unpaired) electrons. The first-order chi connectivity index (χ1) is 9.78. The molecule has 1 unspecified atom stereocenters. The quantitative estimate of drug-likeness (QED) is 0.914. The zero-order valence-corrected chi connectivity index (χ0v) is 12.0. The summed E-state index contributed by atoms with van der Waals surface area (Å²) in [5.74, 6) is 0.643. The Kier molecular flexibility index (Phi) is 3.92. The van der Waals surface area contributed by atoms with E-state index in [4.69, 9.17) is 4.74 Å². The summed E-state index contributed by atoms with van der Waals surface area (Å²) in [6.45, 7) is 6.21. The van der Waals surface area contributed by atoms with E-state index < -0.39 is 0 Å². The smallest absolute Gasteiger partial charge is 0.253 e. The molecule has 20 heavy (non-hydrogen) atoms. The second kappa shape index (κ2) is 5.83. The fraction of sp³-hybridized carbons (Fsp3) is 0.562. The van der Waals surface area contributed by atoms with Gasteiger partial charge in [-0.05, 0) is 43.5 Å². The minimum atomic E-state index is 0.147. The number of nitrogens with zero attached hydrogens (tertiary/aromatic N) is 1. The molecule has 2 aliphatic rings. The van der Waals surface area contributed by atoms with Crippen molar-refractivity contribution in [2.75, 3.05) is 38.2 Å². The molecule has 1 aromatic carbocycles. The van der Waals surface area contributed by atoms with Crippen LogP contribution in [-0.4, -0.2) is 43.7 Å². The molecule has 1 saturated heterocycles. The largest absolute Gasteiger partial charge is 0.384 e. The molecule has 1 amide bonds. The molecule has 4 nitrogen and oxygen atoms in total. The maximum Gasteiger partial charge on any atom is 0.253 e. The number of rotatable bonds is 4. The van der Waals surface area contributed by atoms with Crippen LogP contribution in [0.1, 0.15) is 29.3 Å². The number of anilines is 1. The lowest BCUT2D eigenvalue weighted by atomic mass is 10.1. The third-order valence-electron chi connectivity index (χ3n) is 4.23. The van der Waals surface area contributed by atoms with Crippen LogP contribution in [0.4, 0.5) is 5.69 Å². The van der Waals surface area contributed by atoms with Crippen LogP contribution in [-0.2, 0) is 11.2 Å². The van der Waals surface area contributed by atoms with E-state index in [-0.39, 0.29) is 5.91 Å². The van der Waals surface area contributed by atoms with Gasteiger partial charge in [0.15, 0.2) is 0 Å². The van der Waals surface area contributed by atoms with Crippen molar-refractivity contribution < 1.29 is 9.53 Å². The van der Waals surface area contributed by atoms with Gasteiger partial charge in [0, 0.05) is 43.4 Å². The van der Waals surface area contributed by atoms with E-state index >= 15 is 0 Å². The molecule has 0 spiro atoms. The Bertz CT molecular complexity index is 495. The summed E-state index contributed by atoms with van der Waals surface area (Å²) in [4.78, 5) is 14.6. The highest BCUT2D eigenvalue weighted by atomic mass is 16.5. The van der Waals surface area contributed by atoms with Crippen LogP contribution < -0.4 is 5.32 Å². The Hall–Kier alpha value is -1.55. The van der Waals surface area contributed by atoms with Crippen molar-refractivity contribution in [3.63, 3.8) is 0 Å². The van der Waals surface area contributed by atoms with Crippen LogP contribution >= 0.6 is 0 Å². The van der Waals surface area contributed by atoms with E-state index in [1.54, 1.807) is 0 Å². The number of carbonyl (C=O) groups is 1. The predicted octanol–water partition coefficient (Wildman–Crippen LogP) is 2.15. The lowest BCUT2D eigenvalue weighted by molar-refractivity contribution is 0.0731. The molecule has 2 heterocycles. The van der Waals surface area contributed by atoms with Crippen molar-refractivity contribution in [1.82, 2.24) is 4.90 Å². The number of ether oxygens (including phenoxy) is 1. The summed E-state index contributed by atoms with van der Waals surface area (Å²) in [5.41, 5.74) is 3.25. The standard InChI is InChI=1S/C16H22N2O2/c1-2-18(10-12-6-8-20-11-12)16(19)14-3-4-15-13(9-14)5-7-17-15/h3-4,9,12,17H,2,5-8,10-11H2,1H3. The van der Waals surface area contributed by atoms with Gasteiger partial charge in [0.1, 0.15) is 0 Å². The molecule has 108 valence electrons. The highest BCUT2D eigenvalue weighted by molar-refractivity contribution is 5.95. The van der Waals surface area contributed by atoms with Gasteiger partial charge >= 0.3 is 0 Å². The first-order valence-electron chi connectivity index (χ1n) is 7.51. The van der Waals surface area contributed by atoms with Crippen molar-refractivity contribution in [2.24, 2.45) is 5.92 Å². The zero-order chi connectivity index (χ0) is 13.9. The normalized spacial score (nSPS) is 20.6. The van der Waals surface area contributed by atoms with Crippen LogP contribution in [0.5, 0.6) is 0 Å². The van der Waals surface area contributed by atoms with Crippen molar-refractivity contribution in [3.05, 3.63) is 29.3 Å². The molecule has 0 aliphatic carbocycles. The molecule has 4 heteroatoms. The van der Waals surface area contributed by atoms with E-state index in [1.165, 1.54) is 11.3 Å². The van der Waals surface area contributed by atoms with Crippen LogP contribution in [0.25, 0.3) is 0 Å². The Morgan fingerprint density at radius 2 is 2.40 bits per heavy atom. The number of hydrogen-bond donors (Lipinski definition) is 1. The average Bonchev–Trinajstić information content (AvgIpc) is 3.14. The van der Waals surface area contributed by atoms with Crippen molar-refractivity contribution in [3.8, 4) is 0 Å². The summed E-state index contributed by atoms with van der Waals surface area (Å²) >= 11 is 0. The summed E-state index contributed by atoms with van der Waals surface area (Å²) in [7, 11) is 0. The summed E-state index contributed by atoms with van der Waals surface area (Å²) in [5, 5.41) is 3.33. The van der Waals surface area contributed by atoms with Gasteiger partial charge in [0.05, 0.1) is 6.61 Å². The van der Waals surface area contributed by atoms with Gasteiger partial charge < -0.3 is 15.0 Å². The number of nitrogens with one attached hydrogen (secondary N) is 1. The van der Waals surface area contributed by atoms with Gasteiger partial charge in [0.2, 0.25) is 0 Å². The topological polar surface area (TPSA) is 41.6 Å². The van der Waals surface area contributed by atoms with Crippen LogP contribution in [0, 0.1) is 5.92 Å². The Labute approximate surface area is 120 Å². The van der Waals surface area contributed by atoms with Gasteiger partial charge in [-0.25, -0.2) is 0 Å². The fourth-order valence-electron chi connectivity index (χ4n) is 3.02. The Morgan fingerprint density at radius 3 is 3.15 bits per heavy atom. The molecule has 0 aromatic heterocycles. The molecule has 1 fully saturated rings. The average molecular weight is 274 g/mol. The molecule has 1 aromatic rings.